The fraction of sp³-hybridized carbons (Fsp3) is 0.381. The van der Waals surface area contributed by atoms with Gasteiger partial charge in [0.05, 0.1) is 11.4 Å². The van der Waals surface area contributed by atoms with Crippen molar-refractivity contribution in [1.82, 2.24) is 14.5 Å². The van der Waals surface area contributed by atoms with Gasteiger partial charge in [0.25, 0.3) is 0 Å². The van der Waals surface area contributed by atoms with Gasteiger partial charge in [-0.1, -0.05) is 41.4 Å². The van der Waals surface area contributed by atoms with Gasteiger partial charge in [-0.05, 0) is 49.7 Å². The molecule has 8 heteroatoms. The Hall–Kier alpha value is -1.93. The van der Waals surface area contributed by atoms with Crippen LogP contribution in [-0.2, 0) is 21.4 Å². The second-order valence-electron chi connectivity index (χ2n) is 7.25. The van der Waals surface area contributed by atoms with Crippen LogP contribution in [0.25, 0.3) is 0 Å². The Morgan fingerprint density at radius 1 is 1.00 bits per heavy atom. The standard InChI is InChI=1S/C21H26ClN3O3S/c1-17-3-9-20(10-4-17)29(27,28)25-12-2-11-24(13-14-25)16-21(26)23-15-18-5-7-19(22)8-6-18/h3-10H,2,11-16H2,1H3,(H,23,26). The molecule has 0 spiro atoms. The summed E-state index contributed by atoms with van der Waals surface area (Å²) in [4.78, 5) is 14.6. The average molecular weight is 436 g/mol. The Morgan fingerprint density at radius 3 is 2.38 bits per heavy atom. The lowest BCUT2D eigenvalue weighted by molar-refractivity contribution is -0.122. The molecule has 1 N–H and O–H groups in total. The van der Waals surface area contributed by atoms with E-state index in [1.807, 2.05) is 36.1 Å². The topological polar surface area (TPSA) is 69.7 Å². The number of sulfonamides is 1. The molecular weight excluding hydrogens is 410 g/mol. The van der Waals surface area contributed by atoms with Crippen LogP contribution < -0.4 is 5.32 Å². The van der Waals surface area contributed by atoms with Crippen LogP contribution in [0.5, 0.6) is 0 Å². The minimum atomic E-state index is -3.51. The minimum absolute atomic E-state index is 0.0743. The maximum Gasteiger partial charge on any atom is 0.243 e. The van der Waals surface area contributed by atoms with Crippen molar-refractivity contribution in [3.05, 3.63) is 64.7 Å². The fourth-order valence-electron chi connectivity index (χ4n) is 3.27. The molecule has 0 saturated carbocycles. The van der Waals surface area contributed by atoms with Gasteiger partial charge in [0.1, 0.15) is 0 Å². The molecule has 0 unspecified atom stereocenters. The molecule has 1 saturated heterocycles. The van der Waals surface area contributed by atoms with Gasteiger partial charge in [0, 0.05) is 31.2 Å². The van der Waals surface area contributed by atoms with E-state index in [-0.39, 0.29) is 12.5 Å². The summed E-state index contributed by atoms with van der Waals surface area (Å²) in [6.07, 6.45) is 0.690. The zero-order chi connectivity index (χ0) is 20.9. The molecule has 2 aromatic carbocycles. The maximum absolute atomic E-state index is 12.9. The molecular formula is C21H26ClN3O3S. The number of aryl methyl sites for hydroxylation is 1. The highest BCUT2D eigenvalue weighted by Gasteiger charge is 2.27. The normalized spacial score (nSPS) is 16.3. The lowest BCUT2D eigenvalue weighted by Crippen LogP contribution is -2.39. The van der Waals surface area contributed by atoms with Crippen LogP contribution in [0.2, 0.25) is 5.02 Å². The summed E-state index contributed by atoms with van der Waals surface area (Å²) in [6, 6.07) is 14.3. The highest BCUT2D eigenvalue weighted by atomic mass is 35.5. The van der Waals surface area contributed by atoms with E-state index >= 15 is 0 Å². The lowest BCUT2D eigenvalue weighted by Gasteiger charge is -2.21. The van der Waals surface area contributed by atoms with Gasteiger partial charge in [-0.3, -0.25) is 9.69 Å². The zero-order valence-corrected chi connectivity index (χ0v) is 18.0. The van der Waals surface area contributed by atoms with Crippen LogP contribution in [-0.4, -0.2) is 56.3 Å². The smallest absolute Gasteiger partial charge is 0.243 e. The van der Waals surface area contributed by atoms with Gasteiger partial charge in [-0.25, -0.2) is 8.42 Å². The summed E-state index contributed by atoms with van der Waals surface area (Å²) >= 11 is 5.87. The number of halogens is 1. The number of benzene rings is 2. The Bertz CT molecular complexity index is 931. The highest BCUT2D eigenvalue weighted by molar-refractivity contribution is 7.89. The van der Waals surface area contributed by atoms with Crippen LogP contribution in [0.3, 0.4) is 0 Å². The van der Waals surface area contributed by atoms with Crippen molar-refractivity contribution in [2.45, 2.75) is 24.8 Å². The predicted molar refractivity (Wildman–Crippen MR) is 114 cm³/mol. The first-order valence-electron chi connectivity index (χ1n) is 9.65. The van der Waals surface area contributed by atoms with Gasteiger partial charge in [0.2, 0.25) is 15.9 Å². The van der Waals surface area contributed by atoms with E-state index in [9.17, 15) is 13.2 Å². The third-order valence-electron chi connectivity index (χ3n) is 4.98. The highest BCUT2D eigenvalue weighted by Crippen LogP contribution is 2.18. The molecule has 1 aliphatic rings. The summed E-state index contributed by atoms with van der Waals surface area (Å²) in [7, 11) is -3.51. The first kappa shape index (κ1) is 21.8. The van der Waals surface area contributed by atoms with Crippen molar-refractivity contribution in [3.8, 4) is 0 Å². The lowest BCUT2D eigenvalue weighted by atomic mass is 10.2. The number of nitrogens with one attached hydrogen (secondary N) is 1. The number of carbonyl (C=O) groups is 1. The van der Waals surface area contributed by atoms with Crippen LogP contribution in [0.15, 0.2) is 53.4 Å². The second-order valence-corrected chi connectivity index (χ2v) is 9.62. The average Bonchev–Trinajstić information content (AvgIpc) is 2.94. The van der Waals surface area contributed by atoms with E-state index < -0.39 is 10.0 Å². The minimum Gasteiger partial charge on any atom is -0.351 e. The molecule has 0 bridgehead atoms. The van der Waals surface area contributed by atoms with E-state index in [1.165, 1.54) is 4.31 Å². The van der Waals surface area contributed by atoms with Crippen molar-refractivity contribution < 1.29 is 13.2 Å². The summed E-state index contributed by atoms with van der Waals surface area (Å²) in [6.45, 7) is 4.68. The van der Waals surface area contributed by atoms with Crippen molar-refractivity contribution in [1.29, 1.82) is 0 Å². The van der Waals surface area contributed by atoms with Gasteiger partial charge in [0.15, 0.2) is 0 Å². The van der Waals surface area contributed by atoms with Crippen molar-refractivity contribution in [3.63, 3.8) is 0 Å². The summed E-state index contributed by atoms with van der Waals surface area (Å²) in [5.74, 6) is -0.0743. The van der Waals surface area contributed by atoms with Crippen molar-refractivity contribution in [2.75, 3.05) is 32.7 Å². The second kappa shape index (κ2) is 9.71. The Kier molecular flexibility index (Phi) is 7.29. The quantitative estimate of drug-likeness (QED) is 0.757. The molecule has 2 aromatic rings. The number of hydrogen-bond donors (Lipinski definition) is 1. The fourth-order valence-corrected chi connectivity index (χ4v) is 4.86. The van der Waals surface area contributed by atoms with E-state index in [0.29, 0.717) is 49.1 Å². The number of amides is 1. The molecule has 3 rings (SSSR count). The van der Waals surface area contributed by atoms with Crippen LogP contribution in [0.4, 0.5) is 0 Å². The number of hydrogen-bond acceptors (Lipinski definition) is 4. The van der Waals surface area contributed by atoms with Gasteiger partial charge in [-0.15, -0.1) is 0 Å². The molecule has 1 aliphatic heterocycles. The first-order chi connectivity index (χ1) is 13.8. The van der Waals surface area contributed by atoms with E-state index in [1.54, 1.807) is 24.3 Å². The Balaban J connectivity index is 1.52. The third kappa shape index (κ3) is 6.02. The first-order valence-corrected chi connectivity index (χ1v) is 11.5. The van der Waals surface area contributed by atoms with E-state index in [4.69, 9.17) is 11.6 Å². The molecule has 1 heterocycles. The van der Waals surface area contributed by atoms with Gasteiger partial charge >= 0.3 is 0 Å². The number of nitrogens with zero attached hydrogens (tertiary/aromatic N) is 2. The van der Waals surface area contributed by atoms with E-state index in [2.05, 4.69) is 5.32 Å². The SMILES string of the molecule is Cc1ccc(S(=O)(=O)N2CCCN(CC(=O)NCc3ccc(Cl)cc3)CC2)cc1. The van der Waals surface area contributed by atoms with Crippen molar-refractivity contribution >= 4 is 27.5 Å². The molecule has 156 valence electrons. The van der Waals surface area contributed by atoms with Crippen LogP contribution in [0.1, 0.15) is 17.5 Å². The van der Waals surface area contributed by atoms with Gasteiger partial charge in [-0.2, -0.15) is 4.31 Å². The molecule has 6 nitrogen and oxygen atoms in total. The maximum atomic E-state index is 12.9. The summed E-state index contributed by atoms with van der Waals surface area (Å²) in [5, 5.41) is 3.56. The largest absolute Gasteiger partial charge is 0.351 e. The predicted octanol–water partition coefficient (Wildman–Crippen LogP) is 2.66. The number of carbonyl (C=O) groups excluding carboxylic acids is 1. The molecule has 0 radical (unpaired) electrons. The molecule has 1 fully saturated rings. The molecule has 0 aliphatic carbocycles. The van der Waals surface area contributed by atoms with Crippen molar-refractivity contribution in [2.24, 2.45) is 0 Å². The Morgan fingerprint density at radius 2 is 1.69 bits per heavy atom. The molecule has 0 aromatic heterocycles. The molecule has 0 atom stereocenters. The van der Waals surface area contributed by atoms with E-state index in [0.717, 1.165) is 11.1 Å². The summed E-state index contributed by atoms with van der Waals surface area (Å²) in [5.41, 5.74) is 2.00. The summed E-state index contributed by atoms with van der Waals surface area (Å²) < 4.78 is 27.3. The monoisotopic (exact) mass is 435 g/mol. The van der Waals surface area contributed by atoms with Crippen LogP contribution >= 0.6 is 11.6 Å². The Labute approximate surface area is 177 Å². The third-order valence-corrected chi connectivity index (χ3v) is 7.14. The zero-order valence-electron chi connectivity index (χ0n) is 16.5. The van der Waals surface area contributed by atoms with Gasteiger partial charge < -0.3 is 5.32 Å². The molecule has 1 amide bonds. The number of rotatable bonds is 6. The molecule has 29 heavy (non-hydrogen) atoms. The van der Waals surface area contributed by atoms with Crippen LogP contribution in [0, 0.1) is 6.92 Å².